The number of carbonyl (C=O) groups is 1. The molecule has 0 bridgehead atoms. The van der Waals surface area contributed by atoms with Crippen molar-refractivity contribution in [3.63, 3.8) is 0 Å². The highest BCUT2D eigenvalue weighted by molar-refractivity contribution is 8.93. The number of halogens is 1. The number of aromatic nitrogens is 5. The number of hydrogen-bond donors (Lipinski definition) is 1. The Hall–Kier alpha value is -3.53. The van der Waals surface area contributed by atoms with Crippen LogP contribution in [0.1, 0.15) is 21.5 Å². The van der Waals surface area contributed by atoms with Crippen molar-refractivity contribution in [2.24, 2.45) is 0 Å². The van der Waals surface area contributed by atoms with Crippen molar-refractivity contribution < 1.29 is 14.6 Å². The highest BCUT2D eigenvalue weighted by Gasteiger charge is 2.13. The van der Waals surface area contributed by atoms with Gasteiger partial charge in [0.1, 0.15) is 12.1 Å². The standard InChI is InChI=1S/C26H23N5O3.BrH/c1-17-13-20(5-6-21(17)25(33)16-34-12-11-32)23-8-9-24-26(28-23)31(30-29-24)15-18-4-7-22-19(14-18)3-2-10-27-22;/h2-10,13-14,32H,11-12,15-16H2,1H3;1H. The number of Topliss-reactive ketones (excluding diaryl/α,β-unsaturated/α-hetero) is 1. The lowest BCUT2D eigenvalue weighted by Gasteiger charge is -2.09. The van der Waals surface area contributed by atoms with E-state index in [1.54, 1.807) is 16.9 Å². The van der Waals surface area contributed by atoms with Crippen LogP contribution in [-0.4, -0.2) is 55.7 Å². The normalized spacial score (nSPS) is 11.0. The number of rotatable bonds is 8. The highest BCUT2D eigenvalue weighted by atomic mass is 79.9. The Kier molecular flexibility index (Phi) is 7.60. The summed E-state index contributed by atoms with van der Waals surface area (Å²) in [6.07, 6.45) is 1.79. The van der Waals surface area contributed by atoms with E-state index in [0.29, 0.717) is 17.8 Å². The first-order valence-electron chi connectivity index (χ1n) is 11.0. The second kappa shape index (κ2) is 10.8. The monoisotopic (exact) mass is 533 g/mol. The molecule has 5 aromatic rings. The van der Waals surface area contributed by atoms with Gasteiger partial charge < -0.3 is 9.84 Å². The molecule has 3 aromatic heterocycles. The summed E-state index contributed by atoms with van der Waals surface area (Å²) in [5, 5.41) is 18.5. The van der Waals surface area contributed by atoms with E-state index < -0.39 is 0 Å². The summed E-state index contributed by atoms with van der Waals surface area (Å²) >= 11 is 0. The number of carbonyl (C=O) groups excluding carboxylic acids is 1. The van der Waals surface area contributed by atoms with Gasteiger partial charge in [-0.1, -0.05) is 29.5 Å². The Balaban J connectivity index is 0.00000289. The third-order valence-corrected chi connectivity index (χ3v) is 5.65. The number of nitrogens with zero attached hydrogens (tertiary/aromatic N) is 5. The van der Waals surface area contributed by atoms with Crippen LogP contribution in [0.3, 0.4) is 0 Å². The van der Waals surface area contributed by atoms with Gasteiger partial charge in [-0.2, -0.15) is 0 Å². The molecule has 0 saturated heterocycles. The molecule has 0 atom stereocenters. The van der Waals surface area contributed by atoms with Crippen LogP contribution >= 0.6 is 17.0 Å². The molecule has 0 spiro atoms. The molecule has 0 amide bonds. The van der Waals surface area contributed by atoms with Crippen LogP contribution in [0, 0.1) is 6.92 Å². The molecule has 35 heavy (non-hydrogen) atoms. The average molecular weight is 534 g/mol. The Morgan fingerprint density at radius 2 is 1.91 bits per heavy atom. The average Bonchev–Trinajstić information content (AvgIpc) is 3.26. The maximum Gasteiger partial charge on any atom is 0.188 e. The number of ketones is 1. The lowest BCUT2D eigenvalue weighted by atomic mass is 10.0. The molecule has 0 saturated carbocycles. The van der Waals surface area contributed by atoms with Gasteiger partial charge in [-0.3, -0.25) is 9.78 Å². The van der Waals surface area contributed by atoms with Crippen molar-refractivity contribution in [3.05, 3.63) is 83.6 Å². The summed E-state index contributed by atoms with van der Waals surface area (Å²) < 4.78 is 6.95. The number of ether oxygens (including phenoxy) is 1. The molecule has 5 rings (SSSR count). The number of benzene rings is 2. The van der Waals surface area contributed by atoms with Crippen molar-refractivity contribution in [3.8, 4) is 11.3 Å². The smallest absolute Gasteiger partial charge is 0.188 e. The van der Waals surface area contributed by atoms with Crippen molar-refractivity contribution in [2.75, 3.05) is 19.8 Å². The van der Waals surface area contributed by atoms with Gasteiger partial charge in [0.25, 0.3) is 0 Å². The van der Waals surface area contributed by atoms with E-state index in [1.807, 2.05) is 55.5 Å². The number of aliphatic hydroxyl groups excluding tert-OH is 1. The molecular formula is C26H24BrN5O3. The van der Waals surface area contributed by atoms with Gasteiger partial charge in [0.15, 0.2) is 11.4 Å². The number of aliphatic hydroxyl groups is 1. The number of fused-ring (bicyclic) bond motifs is 2. The van der Waals surface area contributed by atoms with Crippen LogP contribution in [0.4, 0.5) is 0 Å². The molecule has 0 aliphatic rings. The van der Waals surface area contributed by atoms with E-state index in [9.17, 15) is 4.79 Å². The zero-order chi connectivity index (χ0) is 23.5. The number of aryl methyl sites for hydroxylation is 1. The van der Waals surface area contributed by atoms with Crippen molar-refractivity contribution in [1.82, 2.24) is 25.0 Å². The summed E-state index contributed by atoms with van der Waals surface area (Å²) in [6.45, 7) is 2.41. The third-order valence-electron chi connectivity index (χ3n) is 5.65. The molecule has 1 N–H and O–H groups in total. The summed E-state index contributed by atoms with van der Waals surface area (Å²) in [7, 11) is 0. The molecule has 9 heteroatoms. The molecule has 178 valence electrons. The third kappa shape index (κ3) is 5.27. The molecule has 0 radical (unpaired) electrons. The minimum absolute atomic E-state index is 0. The second-order valence-electron chi connectivity index (χ2n) is 8.05. The van der Waals surface area contributed by atoms with Crippen molar-refractivity contribution in [1.29, 1.82) is 0 Å². The largest absolute Gasteiger partial charge is 0.394 e. The quantitative estimate of drug-likeness (QED) is 0.236. The van der Waals surface area contributed by atoms with Gasteiger partial charge in [0.2, 0.25) is 0 Å². The maximum atomic E-state index is 12.4. The minimum atomic E-state index is -0.117. The lowest BCUT2D eigenvalue weighted by Crippen LogP contribution is -2.12. The first-order valence-corrected chi connectivity index (χ1v) is 11.0. The van der Waals surface area contributed by atoms with E-state index in [4.69, 9.17) is 14.8 Å². The van der Waals surface area contributed by atoms with Gasteiger partial charge in [0, 0.05) is 22.7 Å². The van der Waals surface area contributed by atoms with Crippen LogP contribution < -0.4 is 0 Å². The molecule has 0 unspecified atom stereocenters. The van der Waals surface area contributed by atoms with E-state index in [2.05, 4.69) is 21.4 Å². The molecule has 2 aromatic carbocycles. The summed E-state index contributed by atoms with van der Waals surface area (Å²) in [5.41, 5.74) is 6.56. The van der Waals surface area contributed by atoms with Crippen LogP contribution in [-0.2, 0) is 11.3 Å². The van der Waals surface area contributed by atoms with Crippen LogP contribution in [0.5, 0.6) is 0 Å². The van der Waals surface area contributed by atoms with Crippen LogP contribution in [0.25, 0.3) is 33.3 Å². The van der Waals surface area contributed by atoms with Crippen LogP contribution in [0.2, 0.25) is 0 Å². The van der Waals surface area contributed by atoms with Gasteiger partial charge >= 0.3 is 0 Å². The molecule has 0 fully saturated rings. The lowest BCUT2D eigenvalue weighted by molar-refractivity contribution is 0.0663. The van der Waals surface area contributed by atoms with Gasteiger partial charge in [-0.25, -0.2) is 9.67 Å². The maximum absolute atomic E-state index is 12.4. The van der Waals surface area contributed by atoms with E-state index >= 15 is 0 Å². The highest BCUT2D eigenvalue weighted by Crippen LogP contribution is 2.24. The molecule has 0 aliphatic carbocycles. The van der Waals surface area contributed by atoms with Gasteiger partial charge in [0.05, 0.1) is 31.0 Å². The van der Waals surface area contributed by atoms with Crippen LogP contribution in [0.15, 0.2) is 66.9 Å². The Morgan fingerprint density at radius 3 is 2.74 bits per heavy atom. The predicted molar refractivity (Wildman–Crippen MR) is 139 cm³/mol. The fraction of sp³-hybridized carbons (Fsp3) is 0.192. The summed E-state index contributed by atoms with van der Waals surface area (Å²) in [4.78, 5) is 21.6. The Labute approximate surface area is 212 Å². The van der Waals surface area contributed by atoms with E-state index in [0.717, 1.165) is 38.8 Å². The summed E-state index contributed by atoms with van der Waals surface area (Å²) in [6, 6.07) is 19.5. The van der Waals surface area contributed by atoms with Crippen molar-refractivity contribution in [2.45, 2.75) is 13.5 Å². The van der Waals surface area contributed by atoms with Crippen molar-refractivity contribution >= 4 is 44.8 Å². The molecule has 3 heterocycles. The topological polar surface area (TPSA) is 103 Å². The number of hydrogen-bond acceptors (Lipinski definition) is 7. The molecular weight excluding hydrogens is 510 g/mol. The molecule has 8 nitrogen and oxygen atoms in total. The fourth-order valence-electron chi connectivity index (χ4n) is 3.96. The first-order chi connectivity index (χ1) is 16.6. The van der Waals surface area contributed by atoms with Gasteiger partial charge in [-0.15, -0.1) is 22.1 Å². The minimum Gasteiger partial charge on any atom is -0.394 e. The zero-order valence-corrected chi connectivity index (χ0v) is 20.8. The zero-order valence-electron chi connectivity index (χ0n) is 19.1. The SMILES string of the molecule is Br.Cc1cc(-c2ccc3nnn(Cc4ccc5ncccc5c4)c3n2)ccc1C(=O)COCCO. The van der Waals surface area contributed by atoms with E-state index in [-0.39, 0.29) is 42.6 Å². The second-order valence-corrected chi connectivity index (χ2v) is 8.05. The Morgan fingerprint density at radius 1 is 1.06 bits per heavy atom. The first kappa shape index (κ1) is 24.6. The van der Waals surface area contributed by atoms with Gasteiger partial charge in [-0.05, 0) is 54.4 Å². The summed E-state index contributed by atoms with van der Waals surface area (Å²) in [5.74, 6) is -0.117. The molecule has 0 aliphatic heterocycles. The Bertz CT molecular complexity index is 1500. The number of pyridine rings is 2. The van der Waals surface area contributed by atoms with E-state index in [1.165, 1.54) is 0 Å². The fourth-order valence-corrected chi connectivity index (χ4v) is 3.96. The predicted octanol–water partition coefficient (Wildman–Crippen LogP) is 4.17.